The predicted molar refractivity (Wildman–Crippen MR) is 132 cm³/mol. The van der Waals surface area contributed by atoms with Gasteiger partial charge in [0.15, 0.2) is 11.5 Å². The summed E-state index contributed by atoms with van der Waals surface area (Å²) in [6, 6.07) is 10.1. The lowest BCUT2D eigenvalue weighted by Crippen LogP contribution is -2.51. The normalized spacial score (nSPS) is 15.7. The van der Waals surface area contributed by atoms with E-state index in [1.165, 1.54) is 7.11 Å². The number of carbonyl (C=O) groups is 2. The molecule has 184 valence electrons. The number of carbonyl (C=O) groups excluding carboxylic acids is 2. The highest BCUT2D eigenvalue weighted by atomic mass is 32.2. The molecule has 1 heterocycles. The van der Waals surface area contributed by atoms with Gasteiger partial charge < -0.3 is 29.2 Å². The van der Waals surface area contributed by atoms with Crippen molar-refractivity contribution in [3.05, 3.63) is 53.1 Å². The van der Waals surface area contributed by atoms with E-state index in [4.69, 9.17) is 18.9 Å². The highest BCUT2D eigenvalue weighted by molar-refractivity contribution is 7.98. The quantitative estimate of drug-likeness (QED) is 0.539. The van der Waals surface area contributed by atoms with Crippen LogP contribution in [0, 0.1) is 0 Å². The molecule has 1 aliphatic heterocycles. The molecule has 2 atom stereocenters. The summed E-state index contributed by atoms with van der Waals surface area (Å²) in [6.07, 6.45) is 3.09. The van der Waals surface area contributed by atoms with Crippen molar-refractivity contribution in [3.8, 4) is 17.2 Å². The van der Waals surface area contributed by atoms with E-state index in [2.05, 4.69) is 5.32 Å². The second-order valence-electron chi connectivity index (χ2n) is 7.83. The molecule has 0 spiro atoms. The number of amides is 2. The maximum absolute atomic E-state index is 13.5. The van der Waals surface area contributed by atoms with Gasteiger partial charge in [0.25, 0.3) is 0 Å². The molecule has 9 heteroatoms. The van der Waals surface area contributed by atoms with E-state index in [0.717, 1.165) is 28.2 Å². The molecule has 2 amide bonds. The van der Waals surface area contributed by atoms with Crippen molar-refractivity contribution in [3.63, 3.8) is 0 Å². The molecule has 2 aromatic rings. The SMILES string of the molecule is COC(=O)[C@H](CCSC)NC(=O)N1CCc2cc(OC)c(OC)cc2C1c1ccc(OC)cc1. The Morgan fingerprint density at radius 1 is 1.06 bits per heavy atom. The summed E-state index contributed by atoms with van der Waals surface area (Å²) < 4.78 is 21.3. The third-order valence-electron chi connectivity index (χ3n) is 5.96. The van der Waals surface area contributed by atoms with Gasteiger partial charge in [-0.3, -0.25) is 0 Å². The fourth-order valence-electron chi connectivity index (χ4n) is 4.17. The molecular formula is C25H32N2O6S. The molecule has 0 radical (unpaired) electrons. The molecule has 0 aliphatic carbocycles. The van der Waals surface area contributed by atoms with Crippen LogP contribution in [0.2, 0.25) is 0 Å². The molecule has 0 bridgehead atoms. The standard InChI is InChI=1S/C25H32N2O6S/c1-30-18-8-6-16(7-9-18)23-19-15-22(32-3)21(31-2)14-17(19)10-12-27(23)25(29)26-20(11-13-34-5)24(28)33-4/h6-9,14-15,20,23H,10-13H2,1-5H3,(H,26,29)/t20-,23?/m0/s1. The number of benzene rings is 2. The lowest BCUT2D eigenvalue weighted by atomic mass is 9.87. The molecule has 3 rings (SSSR count). The van der Waals surface area contributed by atoms with Crippen LogP contribution in [0.25, 0.3) is 0 Å². The smallest absolute Gasteiger partial charge is 0.328 e. The number of nitrogens with zero attached hydrogens (tertiary/aromatic N) is 1. The van der Waals surface area contributed by atoms with Crippen molar-refractivity contribution in [1.29, 1.82) is 0 Å². The Morgan fingerprint density at radius 3 is 2.32 bits per heavy atom. The monoisotopic (exact) mass is 488 g/mol. The third kappa shape index (κ3) is 5.52. The van der Waals surface area contributed by atoms with Crippen LogP contribution in [0.15, 0.2) is 36.4 Å². The van der Waals surface area contributed by atoms with Crippen LogP contribution in [0.4, 0.5) is 4.79 Å². The fraction of sp³-hybridized carbons (Fsp3) is 0.440. The van der Waals surface area contributed by atoms with Crippen molar-refractivity contribution in [2.75, 3.05) is 47.0 Å². The number of hydrogen-bond acceptors (Lipinski definition) is 7. The summed E-state index contributed by atoms with van der Waals surface area (Å²) in [5, 5.41) is 2.89. The zero-order valence-electron chi connectivity index (χ0n) is 20.3. The van der Waals surface area contributed by atoms with E-state index in [-0.39, 0.29) is 12.1 Å². The highest BCUT2D eigenvalue weighted by Crippen LogP contribution is 2.41. The highest BCUT2D eigenvalue weighted by Gasteiger charge is 2.35. The minimum Gasteiger partial charge on any atom is -0.497 e. The van der Waals surface area contributed by atoms with E-state index < -0.39 is 12.0 Å². The fourth-order valence-corrected chi connectivity index (χ4v) is 4.64. The Kier molecular flexibility index (Phi) is 8.92. The summed E-state index contributed by atoms with van der Waals surface area (Å²) in [7, 11) is 6.14. The maximum Gasteiger partial charge on any atom is 0.328 e. The van der Waals surface area contributed by atoms with E-state index in [1.807, 2.05) is 42.7 Å². The number of ether oxygens (including phenoxy) is 4. The first-order valence-corrected chi connectivity index (χ1v) is 12.4. The molecule has 1 unspecified atom stereocenters. The van der Waals surface area contributed by atoms with Crippen molar-refractivity contribution in [1.82, 2.24) is 10.2 Å². The van der Waals surface area contributed by atoms with Crippen LogP contribution >= 0.6 is 11.8 Å². The minimum atomic E-state index is -0.715. The number of methoxy groups -OCH3 is 4. The maximum atomic E-state index is 13.5. The second kappa shape index (κ2) is 11.9. The van der Waals surface area contributed by atoms with Crippen LogP contribution in [-0.2, 0) is 16.0 Å². The van der Waals surface area contributed by atoms with Crippen molar-refractivity contribution >= 4 is 23.8 Å². The Hall–Kier alpha value is -3.07. The van der Waals surface area contributed by atoms with Gasteiger partial charge in [0, 0.05) is 6.54 Å². The molecule has 0 saturated carbocycles. The lowest BCUT2D eigenvalue weighted by molar-refractivity contribution is -0.142. The van der Waals surface area contributed by atoms with Gasteiger partial charge in [-0.2, -0.15) is 11.8 Å². The molecule has 1 aliphatic rings. The van der Waals surface area contributed by atoms with Crippen LogP contribution < -0.4 is 19.5 Å². The van der Waals surface area contributed by atoms with Gasteiger partial charge >= 0.3 is 12.0 Å². The zero-order chi connectivity index (χ0) is 24.7. The average molecular weight is 489 g/mol. The third-order valence-corrected chi connectivity index (χ3v) is 6.60. The summed E-state index contributed by atoms with van der Waals surface area (Å²) >= 11 is 1.61. The van der Waals surface area contributed by atoms with Gasteiger partial charge in [-0.1, -0.05) is 12.1 Å². The topological polar surface area (TPSA) is 86.3 Å². The van der Waals surface area contributed by atoms with Gasteiger partial charge in [-0.05, 0) is 65.8 Å². The molecule has 0 saturated heterocycles. The predicted octanol–water partition coefficient (Wildman–Crippen LogP) is 3.66. The van der Waals surface area contributed by atoms with Gasteiger partial charge in [-0.15, -0.1) is 0 Å². The first kappa shape index (κ1) is 25.6. The molecule has 2 aromatic carbocycles. The number of fused-ring (bicyclic) bond motifs is 1. The Balaban J connectivity index is 2.01. The molecule has 1 N–H and O–H groups in total. The number of rotatable bonds is 9. The van der Waals surface area contributed by atoms with Crippen molar-refractivity contribution < 1.29 is 28.5 Å². The van der Waals surface area contributed by atoms with Gasteiger partial charge in [0.1, 0.15) is 11.8 Å². The summed E-state index contributed by atoms with van der Waals surface area (Å²) in [6.45, 7) is 0.474. The molecular weight excluding hydrogens is 456 g/mol. The van der Waals surface area contributed by atoms with Crippen LogP contribution in [0.3, 0.4) is 0 Å². The summed E-state index contributed by atoms with van der Waals surface area (Å²) in [5.74, 6) is 2.24. The van der Waals surface area contributed by atoms with Gasteiger partial charge in [-0.25, -0.2) is 9.59 Å². The lowest BCUT2D eigenvalue weighted by Gasteiger charge is -2.38. The number of hydrogen-bond donors (Lipinski definition) is 1. The van der Waals surface area contributed by atoms with E-state index in [9.17, 15) is 9.59 Å². The average Bonchev–Trinajstić information content (AvgIpc) is 2.88. The van der Waals surface area contributed by atoms with Crippen LogP contribution in [0.5, 0.6) is 17.2 Å². The first-order chi connectivity index (χ1) is 16.5. The van der Waals surface area contributed by atoms with E-state index in [1.54, 1.807) is 38.0 Å². The number of thioether (sulfide) groups is 1. The molecule has 0 fully saturated rings. The first-order valence-electron chi connectivity index (χ1n) is 11.0. The van der Waals surface area contributed by atoms with Crippen molar-refractivity contribution in [2.24, 2.45) is 0 Å². The molecule has 34 heavy (non-hydrogen) atoms. The number of urea groups is 1. The Morgan fingerprint density at radius 2 is 1.74 bits per heavy atom. The van der Waals surface area contributed by atoms with Crippen LogP contribution in [-0.4, -0.2) is 69.9 Å². The number of esters is 1. The minimum absolute atomic E-state index is 0.322. The Bertz CT molecular complexity index is 998. The summed E-state index contributed by atoms with van der Waals surface area (Å²) in [4.78, 5) is 27.6. The van der Waals surface area contributed by atoms with Gasteiger partial charge in [0.2, 0.25) is 0 Å². The van der Waals surface area contributed by atoms with Crippen molar-refractivity contribution in [2.45, 2.75) is 24.9 Å². The number of nitrogens with one attached hydrogen (secondary N) is 1. The van der Waals surface area contributed by atoms with Crippen LogP contribution in [0.1, 0.15) is 29.2 Å². The zero-order valence-corrected chi connectivity index (χ0v) is 21.1. The molecule has 8 nitrogen and oxygen atoms in total. The second-order valence-corrected chi connectivity index (χ2v) is 8.82. The largest absolute Gasteiger partial charge is 0.497 e. The Labute approximate surface area is 204 Å². The van der Waals surface area contributed by atoms with E-state index in [0.29, 0.717) is 30.9 Å². The summed E-state index contributed by atoms with van der Waals surface area (Å²) in [5.41, 5.74) is 2.94. The molecule has 0 aromatic heterocycles. The van der Waals surface area contributed by atoms with E-state index >= 15 is 0 Å². The van der Waals surface area contributed by atoms with Gasteiger partial charge in [0.05, 0.1) is 34.5 Å².